The van der Waals surface area contributed by atoms with Crippen molar-refractivity contribution in [2.75, 3.05) is 0 Å². The van der Waals surface area contributed by atoms with E-state index in [1.54, 1.807) is 0 Å². The van der Waals surface area contributed by atoms with Gasteiger partial charge in [-0.2, -0.15) is 0 Å². The van der Waals surface area contributed by atoms with Crippen LogP contribution in [0.25, 0.3) is 0 Å². The molecule has 4 rings (SSSR count). The van der Waals surface area contributed by atoms with E-state index in [4.69, 9.17) is 9.47 Å². The minimum atomic E-state index is -0.625. The first kappa shape index (κ1) is 18.3. The molecule has 1 N–H and O–H groups in total. The largest absolute Gasteiger partial charge is 0.469 e. The number of hydrogen-bond donors (Lipinski definition) is 1. The van der Waals surface area contributed by atoms with Gasteiger partial charge in [0.1, 0.15) is 11.9 Å². The zero-order chi connectivity index (χ0) is 18.7. The second-order valence-corrected chi connectivity index (χ2v) is 9.75. The van der Waals surface area contributed by atoms with Gasteiger partial charge in [-0.1, -0.05) is 13.8 Å². The first-order chi connectivity index (χ1) is 12.3. The molecule has 1 aliphatic heterocycles. The zero-order valence-electron chi connectivity index (χ0n) is 16.7. The molecule has 26 heavy (non-hydrogen) atoms. The Kier molecular flexibility index (Phi) is 4.41. The minimum absolute atomic E-state index is 0.0116. The SMILES string of the molecule is CC(=O)O[C@@H](C)[C@H]1CC[C@H]2[C@@H]3CC=C4OC(O)CC[C@@]4(C)[C@@H]3CC[C@]12C. The summed E-state index contributed by atoms with van der Waals surface area (Å²) in [5, 5.41) is 9.91. The smallest absolute Gasteiger partial charge is 0.302 e. The maximum absolute atomic E-state index is 11.5. The van der Waals surface area contributed by atoms with Gasteiger partial charge in [-0.05, 0) is 74.7 Å². The molecule has 4 aliphatic rings. The monoisotopic (exact) mass is 362 g/mol. The number of aliphatic hydroxyl groups excluding tert-OH is 1. The van der Waals surface area contributed by atoms with Gasteiger partial charge in [-0.25, -0.2) is 0 Å². The van der Waals surface area contributed by atoms with Crippen LogP contribution in [0.1, 0.15) is 72.6 Å². The predicted octanol–water partition coefficient (Wildman–Crippen LogP) is 4.42. The molecule has 3 aliphatic carbocycles. The third-order valence-corrected chi connectivity index (χ3v) is 8.56. The summed E-state index contributed by atoms with van der Waals surface area (Å²) in [7, 11) is 0. The lowest BCUT2D eigenvalue weighted by Crippen LogP contribution is -2.51. The van der Waals surface area contributed by atoms with E-state index >= 15 is 0 Å². The van der Waals surface area contributed by atoms with Crippen LogP contribution in [0.4, 0.5) is 0 Å². The summed E-state index contributed by atoms with van der Waals surface area (Å²) < 4.78 is 11.4. The summed E-state index contributed by atoms with van der Waals surface area (Å²) in [5.41, 5.74) is 0.357. The van der Waals surface area contributed by atoms with Crippen LogP contribution in [-0.2, 0) is 14.3 Å². The van der Waals surface area contributed by atoms with E-state index in [1.165, 1.54) is 32.6 Å². The van der Waals surface area contributed by atoms with Crippen molar-refractivity contribution < 1.29 is 19.4 Å². The lowest BCUT2D eigenvalue weighted by atomic mass is 9.49. The summed E-state index contributed by atoms with van der Waals surface area (Å²) in [6, 6.07) is 0. The van der Waals surface area contributed by atoms with E-state index in [1.807, 2.05) is 0 Å². The van der Waals surface area contributed by atoms with Crippen LogP contribution in [0.3, 0.4) is 0 Å². The average molecular weight is 363 g/mol. The molecule has 4 nitrogen and oxygen atoms in total. The Labute approximate surface area is 157 Å². The molecule has 8 atom stereocenters. The van der Waals surface area contributed by atoms with Gasteiger partial charge in [0.25, 0.3) is 0 Å². The van der Waals surface area contributed by atoms with E-state index < -0.39 is 6.29 Å². The Morgan fingerprint density at radius 3 is 2.73 bits per heavy atom. The number of aliphatic hydroxyl groups is 1. The van der Waals surface area contributed by atoms with E-state index in [0.717, 1.165) is 25.0 Å². The summed E-state index contributed by atoms with van der Waals surface area (Å²) >= 11 is 0. The first-order valence-electron chi connectivity index (χ1n) is 10.5. The van der Waals surface area contributed by atoms with Crippen molar-refractivity contribution >= 4 is 5.97 Å². The van der Waals surface area contributed by atoms with E-state index in [9.17, 15) is 9.90 Å². The molecule has 3 fully saturated rings. The second kappa shape index (κ2) is 6.25. The Morgan fingerprint density at radius 2 is 2.00 bits per heavy atom. The summed E-state index contributed by atoms with van der Waals surface area (Å²) in [4.78, 5) is 11.5. The van der Waals surface area contributed by atoms with Crippen molar-refractivity contribution in [3.63, 3.8) is 0 Å². The number of carbonyl (C=O) groups is 1. The van der Waals surface area contributed by atoms with Crippen molar-refractivity contribution in [1.29, 1.82) is 0 Å². The summed E-state index contributed by atoms with van der Waals surface area (Å²) in [5.74, 6) is 3.40. The highest BCUT2D eigenvalue weighted by atomic mass is 16.6. The lowest BCUT2D eigenvalue weighted by molar-refractivity contribution is -0.160. The van der Waals surface area contributed by atoms with Gasteiger partial charge in [0, 0.05) is 24.7 Å². The van der Waals surface area contributed by atoms with Crippen molar-refractivity contribution in [1.82, 2.24) is 0 Å². The van der Waals surface area contributed by atoms with Gasteiger partial charge >= 0.3 is 5.97 Å². The highest BCUT2D eigenvalue weighted by Crippen LogP contribution is 2.66. The topological polar surface area (TPSA) is 55.8 Å². The molecular formula is C22H34O4. The Balaban J connectivity index is 1.59. The van der Waals surface area contributed by atoms with Gasteiger partial charge in [-0.15, -0.1) is 0 Å². The number of carbonyl (C=O) groups excluding carboxylic acids is 1. The molecule has 1 unspecified atom stereocenters. The van der Waals surface area contributed by atoms with Gasteiger partial charge in [0.05, 0.1) is 0 Å². The molecule has 2 saturated carbocycles. The fourth-order valence-electron chi connectivity index (χ4n) is 7.34. The van der Waals surface area contributed by atoms with E-state index in [0.29, 0.717) is 23.7 Å². The molecule has 146 valence electrons. The average Bonchev–Trinajstić information content (AvgIpc) is 2.92. The highest BCUT2D eigenvalue weighted by Gasteiger charge is 2.60. The van der Waals surface area contributed by atoms with Crippen LogP contribution in [0.5, 0.6) is 0 Å². The maximum atomic E-state index is 11.5. The van der Waals surface area contributed by atoms with Crippen LogP contribution in [0.2, 0.25) is 0 Å². The molecule has 0 amide bonds. The fourth-order valence-corrected chi connectivity index (χ4v) is 7.34. The van der Waals surface area contributed by atoms with Crippen molar-refractivity contribution in [3.8, 4) is 0 Å². The van der Waals surface area contributed by atoms with Gasteiger partial charge in [0.2, 0.25) is 0 Å². The quantitative estimate of drug-likeness (QED) is 0.739. The van der Waals surface area contributed by atoms with Gasteiger partial charge < -0.3 is 14.6 Å². The zero-order valence-corrected chi connectivity index (χ0v) is 16.7. The number of fused-ring (bicyclic) bond motifs is 5. The lowest BCUT2D eigenvalue weighted by Gasteiger charge is -2.57. The molecule has 1 saturated heterocycles. The summed E-state index contributed by atoms with van der Waals surface area (Å²) in [6.07, 6.45) is 9.34. The molecule has 0 spiro atoms. The normalized spacial score (nSPS) is 48.3. The summed E-state index contributed by atoms with van der Waals surface area (Å²) in [6.45, 7) is 8.42. The highest BCUT2D eigenvalue weighted by molar-refractivity contribution is 5.66. The number of ether oxygens (including phenoxy) is 2. The Morgan fingerprint density at radius 1 is 1.23 bits per heavy atom. The molecule has 0 radical (unpaired) electrons. The molecule has 0 bridgehead atoms. The van der Waals surface area contributed by atoms with Crippen molar-refractivity contribution in [2.45, 2.75) is 85.0 Å². The molecule has 4 heteroatoms. The van der Waals surface area contributed by atoms with Crippen LogP contribution in [0, 0.1) is 34.5 Å². The number of allylic oxidation sites excluding steroid dienone is 2. The number of rotatable bonds is 2. The Bertz CT molecular complexity index is 613. The molecule has 1 heterocycles. The van der Waals surface area contributed by atoms with Gasteiger partial charge in [-0.3, -0.25) is 4.79 Å². The van der Waals surface area contributed by atoms with Crippen molar-refractivity contribution in [3.05, 3.63) is 11.8 Å². The van der Waals surface area contributed by atoms with E-state index in [-0.39, 0.29) is 22.9 Å². The molecule has 0 aromatic carbocycles. The maximum Gasteiger partial charge on any atom is 0.302 e. The third-order valence-electron chi connectivity index (χ3n) is 8.56. The van der Waals surface area contributed by atoms with Crippen molar-refractivity contribution in [2.24, 2.45) is 34.5 Å². The van der Waals surface area contributed by atoms with Gasteiger partial charge in [0.15, 0.2) is 6.29 Å². The molecule has 0 aromatic heterocycles. The molecular weight excluding hydrogens is 328 g/mol. The number of esters is 1. The van der Waals surface area contributed by atoms with E-state index in [2.05, 4.69) is 26.8 Å². The standard InChI is InChI=1S/C22H34O4/c1-13(25-14(2)23)16-6-7-17-15-5-8-19-22(4,12-10-20(24)26-19)18(15)9-11-21(16,17)3/h8,13,15-18,20,24H,5-7,9-12H2,1-4H3/t13-,15-,16+,17-,18+,20?,21+,22-/m0/s1. The first-order valence-corrected chi connectivity index (χ1v) is 10.5. The second-order valence-electron chi connectivity index (χ2n) is 9.75. The van der Waals surface area contributed by atoms with Crippen LogP contribution in [0.15, 0.2) is 11.8 Å². The molecule has 0 aromatic rings. The third kappa shape index (κ3) is 2.63. The minimum Gasteiger partial charge on any atom is -0.469 e. The Hall–Kier alpha value is -1.03. The predicted molar refractivity (Wildman–Crippen MR) is 98.9 cm³/mol. The van der Waals surface area contributed by atoms with Crippen LogP contribution in [-0.4, -0.2) is 23.5 Å². The van der Waals surface area contributed by atoms with Crippen LogP contribution >= 0.6 is 0 Å². The fraction of sp³-hybridized carbons (Fsp3) is 0.864. The van der Waals surface area contributed by atoms with Crippen LogP contribution < -0.4 is 0 Å². The number of hydrogen-bond acceptors (Lipinski definition) is 4.